The highest BCUT2D eigenvalue weighted by Crippen LogP contribution is 2.28. The van der Waals surface area contributed by atoms with E-state index in [2.05, 4.69) is 21.2 Å². The number of nitrogens with one attached hydrogen (secondary N) is 1. The molecule has 0 aliphatic carbocycles. The largest absolute Gasteiger partial charge is 0.329 e. The van der Waals surface area contributed by atoms with Crippen LogP contribution in [0.5, 0.6) is 0 Å². The van der Waals surface area contributed by atoms with Gasteiger partial charge < -0.3 is 11.1 Å². The van der Waals surface area contributed by atoms with Crippen LogP contribution in [0.15, 0.2) is 16.6 Å². The summed E-state index contributed by atoms with van der Waals surface area (Å²) in [6.45, 7) is 8.20. The molecule has 0 aliphatic rings. The molecule has 1 atom stereocenters. The van der Waals surface area contributed by atoms with E-state index in [0.29, 0.717) is 6.54 Å². The van der Waals surface area contributed by atoms with Gasteiger partial charge in [-0.25, -0.2) is 0 Å². The van der Waals surface area contributed by atoms with E-state index < -0.39 is 5.41 Å². The minimum absolute atomic E-state index is 0.0129. The molecular formula is C14H21BrN2O. The number of benzene rings is 1. The minimum Gasteiger partial charge on any atom is -0.329 e. The molecule has 0 bridgehead atoms. The number of rotatable bonds is 4. The average Bonchev–Trinajstić information content (AvgIpc) is 2.32. The fourth-order valence-corrected chi connectivity index (χ4v) is 2.46. The number of carbonyl (C=O) groups excluding carboxylic acids is 1. The quantitative estimate of drug-likeness (QED) is 0.895. The third-order valence-corrected chi connectivity index (χ3v) is 3.97. The van der Waals surface area contributed by atoms with Crippen LogP contribution in [0, 0.1) is 19.3 Å². The van der Waals surface area contributed by atoms with Gasteiger partial charge in [0.25, 0.3) is 0 Å². The van der Waals surface area contributed by atoms with Crippen LogP contribution in [-0.4, -0.2) is 12.5 Å². The highest BCUT2D eigenvalue weighted by Gasteiger charge is 2.30. The van der Waals surface area contributed by atoms with E-state index in [9.17, 15) is 4.79 Å². The molecule has 3 N–H and O–H groups in total. The summed E-state index contributed by atoms with van der Waals surface area (Å²) < 4.78 is 1.02. The second-order valence-corrected chi connectivity index (χ2v) is 5.90. The van der Waals surface area contributed by atoms with Crippen LogP contribution in [0.4, 0.5) is 5.69 Å². The van der Waals surface area contributed by atoms with Gasteiger partial charge in [0.05, 0.1) is 5.41 Å². The van der Waals surface area contributed by atoms with E-state index in [4.69, 9.17) is 5.73 Å². The molecule has 1 rings (SSSR count). The van der Waals surface area contributed by atoms with Crippen LogP contribution < -0.4 is 11.1 Å². The fraction of sp³-hybridized carbons (Fsp3) is 0.500. The number of halogens is 1. The SMILES string of the molecule is CCC(C)(CN)C(=O)Nc1c(C)cc(Br)cc1C. The molecule has 18 heavy (non-hydrogen) atoms. The number of carbonyl (C=O) groups is 1. The van der Waals surface area contributed by atoms with E-state index in [1.165, 1.54) is 0 Å². The molecule has 1 amide bonds. The number of anilines is 1. The lowest BCUT2D eigenvalue weighted by molar-refractivity contribution is -0.124. The minimum atomic E-state index is -0.508. The topological polar surface area (TPSA) is 55.1 Å². The Morgan fingerprint density at radius 2 is 1.89 bits per heavy atom. The van der Waals surface area contributed by atoms with Crippen LogP contribution in [0.25, 0.3) is 0 Å². The summed E-state index contributed by atoms with van der Waals surface area (Å²) in [6.07, 6.45) is 0.726. The fourth-order valence-electron chi connectivity index (χ4n) is 1.77. The van der Waals surface area contributed by atoms with Crippen LogP contribution in [0.3, 0.4) is 0 Å². The van der Waals surface area contributed by atoms with Gasteiger partial charge in [-0.05, 0) is 50.5 Å². The highest BCUT2D eigenvalue weighted by atomic mass is 79.9. The zero-order chi connectivity index (χ0) is 13.9. The predicted octanol–water partition coefficient (Wildman–Crippen LogP) is 3.38. The Balaban J connectivity index is 3.02. The van der Waals surface area contributed by atoms with Crippen LogP contribution >= 0.6 is 15.9 Å². The summed E-state index contributed by atoms with van der Waals surface area (Å²) in [5.41, 5.74) is 8.18. The van der Waals surface area contributed by atoms with E-state index in [1.54, 1.807) is 0 Å². The molecule has 0 radical (unpaired) electrons. The monoisotopic (exact) mass is 312 g/mol. The van der Waals surface area contributed by atoms with Crippen molar-refractivity contribution in [1.29, 1.82) is 0 Å². The Morgan fingerprint density at radius 1 is 1.39 bits per heavy atom. The molecule has 0 fully saturated rings. The Morgan fingerprint density at radius 3 is 2.28 bits per heavy atom. The summed E-state index contributed by atoms with van der Waals surface area (Å²) in [6, 6.07) is 3.99. The molecule has 0 aromatic heterocycles. The lowest BCUT2D eigenvalue weighted by atomic mass is 9.86. The number of hydrogen-bond acceptors (Lipinski definition) is 2. The van der Waals surface area contributed by atoms with Crippen molar-refractivity contribution in [2.24, 2.45) is 11.1 Å². The molecule has 100 valence electrons. The van der Waals surface area contributed by atoms with Gasteiger partial charge in [-0.3, -0.25) is 4.79 Å². The Labute approximate surface area is 117 Å². The molecule has 0 saturated carbocycles. The maximum atomic E-state index is 12.3. The van der Waals surface area contributed by atoms with E-state index >= 15 is 0 Å². The third-order valence-electron chi connectivity index (χ3n) is 3.52. The van der Waals surface area contributed by atoms with Crippen molar-refractivity contribution in [3.05, 3.63) is 27.7 Å². The number of aryl methyl sites for hydroxylation is 2. The Hall–Kier alpha value is -0.870. The molecule has 0 saturated heterocycles. The first-order chi connectivity index (χ1) is 8.34. The molecule has 1 aromatic carbocycles. The first-order valence-electron chi connectivity index (χ1n) is 6.12. The lowest BCUT2D eigenvalue weighted by Crippen LogP contribution is -2.39. The molecule has 0 aliphatic heterocycles. The number of hydrogen-bond donors (Lipinski definition) is 2. The Kier molecular flexibility index (Phi) is 4.93. The zero-order valence-electron chi connectivity index (χ0n) is 11.4. The first-order valence-corrected chi connectivity index (χ1v) is 6.91. The molecular weight excluding hydrogens is 292 g/mol. The number of nitrogens with two attached hydrogens (primary N) is 1. The van der Waals surface area contributed by atoms with Gasteiger partial charge >= 0.3 is 0 Å². The van der Waals surface area contributed by atoms with Crippen molar-refractivity contribution in [3.8, 4) is 0 Å². The standard InChI is InChI=1S/C14H21BrN2O/c1-5-14(4,8-16)13(18)17-12-9(2)6-11(15)7-10(12)3/h6-7H,5,8,16H2,1-4H3,(H,17,18). The van der Waals surface area contributed by atoms with Gasteiger partial charge in [0.15, 0.2) is 0 Å². The van der Waals surface area contributed by atoms with Crippen molar-refractivity contribution in [1.82, 2.24) is 0 Å². The van der Waals surface area contributed by atoms with Crippen LogP contribution in [0.1, 0.15) is 31.4 Å². The van der Waals surface area contributed by atoms with Crippen molar-refractivity contribution >= 4 is 27.5 Å². The lowest BCUT2D eigenvalue weighted by Gasteiger charge is -2.26. The van der Waals surface area contributed by atoms with Crippen LogP contribution in [0.2, 0.25) is 0 Å². The predicted molar refractivity (Wildman–Crippen MR) is 79.7 cm³/mol. The second-order valence-electron chi connectivity index (χ2n) is 4.99. The van der Waals surface area contributed by atoms with Crippen molar-refractivity contribution in [2.45, 2.75) is 34.1 Å². The summed E-state index contributed by atoms with van der Waals surface area (Å²) in [5.74, 6) is -0.0129. The normalized spacial score (nSPS) is 14.1. The highest BCUT2D eigenvalue weighted by molar-refractivity contribution is 9.10. The maximum Gasteiger partial charge on any atom is 0.231 e. The zero-order valence-corrected chi connectivity index (χ0v) is 13.0. The average molecular weight is 313 g/mol. The summed E-state index contributed by atoms with van der Waals surface area (Å²) in [4.78, 5) is 12.3. The van der Waals surface area contributed by atoms with Gasteiger partial charge in [0, 0.05) is 16.7 Å². The molecule has 1 unspecified atom stereocenters. The maximum absolute atomic E-state index is 12.3. The molecule has 3 nitrogen and oxygen atoms in total. The van der Waals surface area contributed by atoms with Crippen LogP contribution in [-0.2, 0) is 4.79 Å². The van der Waals surface area contributed by atoms with Gasteiger partial charge in [0.2, 0.25) is 5.91 Å². The second kappa shape index (κ2) is 5.85. The molecule has 0 heterocycles. The first kappa shape index (κ1) is 15.2. The molecule has 4 heteroatoms. The van der Waals surface area contributed by atoms with E-state index in [-0.39, 0.29) is 5.91 Å². The summed E-state index contributed by atoms with van der Waals surface area (Å²) >= 11 is 3.45. The van der Waals surface area contributed by atoms with Crippen molar-refractivity contribution in [3.63, 3.8) is 0 Å². The Bertz CT molecular complexity index is 430. The van der Waals surface area contributed by atoms with Crippen molar-refractivity contribution in [2.75, 3.05) is 11.9 Å². The van der Waals surface area contributed by atoms with Gasteiger partial charge in [-0.1, -0.05) is 22.9 Å². The third kappa shape index (κ3) is 3.12. The van der Waals surface area contributed by atoms with Gasteiger partial charge in [0.1, 0.15) is 0 Å². The van der Waals surface area contributed by atoms with E-state index in [1.807, 2.05) is 39.8 Å². The van der Waals surface area contributed by atoms with Crippen molar-refractivity contribution < 1.29 is 4.79 Å². The van der Waals surface area contributed by atoms with E-state index in [0.717, 1.165) is 27.7 Å². The summed E-state index contributed by atoms with van der Waals surface area (Å²) in [5, 5.41) is 3.01. The summed E-state index contributed by atoms with van der Waals surface area (Å²) in [7, 11) is 0. The molecule has 1 aromatic rings. The molecule has 0 spiro atoms. The smallest absolute Gasteiger partial charge is 0.231 e. The van der Waals surface area contributed by atoms with Gasteiger partial charge in [-0.15, -0.1) is 0 Å². The number of amides is 1. The van der Waals surface area contributed by atoms with Gasteiger partial charge in [-0.2, -0.15) is 0 Å².